The van der Waals surface area contributed by atoms with E-state index in [9.17, 15) is 14.7 Å². The van der Waals surface area contributed by atoms with E-state index < -0.39 is 17.7 Å². The number of aromatic carboxylic acids is 1. The molecule has 116 valence electrons. The van der Waals surface area contributed by atoms with E-state index in [0.717, 1.165) is 0 Å². The molecule has 1 N–H and O–H groups in total. The van der Waals surface area contributed by atoms with Gasteiger partial charge < -0.3 is 19.3 Å². The van der Waals surface area contributed by atoms with Crippen LogP contribution in [-0.4, -0.2) is 50.3 Å². The van der Waals surface area contributed by atoms with Crippen LogP contribution >= 0.6 is 11.6 Å². The molecule has 21 heavy (non-hydrogen) atoms. The van der Waals surface area contributed by atoms with E-state index in [4.69, 9.17) is 16.3 Å². The molecule has 1 saturated heterocycles. The van der Waals surface area contributed by atoms with Gasteiger partial charge in [-0.05, 0) is 27.2 Å². The highest BCUT2D eigenvalue weighted by Crippen LogP contribution is 2.27. The van der Waals surface area contributed by atoms with Crippen molar-refractivity contribution in [1.29, 1.82) is 0 Å². The predicted molar refractivity (Wildman–Crippen MR) is 75.7 cm³/mol. The number of nitrogens with zero attached hydrogens (tertiary/aromatic N) is 3. The molecule has 0 bridgehead atoms. The molecule has 2 heterocycles. The fourth-order valence-corrected chi connectivity index (χ4v) is 2.50. The monoisotopic (exact) mass is 315 g/mol. The van der Waals surface area contributed by atoms with Gasteiger partial charge in [-0.2, -0.15) is 0 Å². The Morgan fingerprint density at radius 1 is 1.48 bits per heavy atom. The number of ether oxygens (including phenoxy) is 1. The quantitative estimate of drug-likeness (QED) is 0.906. The van der Waals surface area contributed by atoms with Crippen LogP contribution in [0.25, 0.3) is 0 Å². The van der Waals surface area contributed by atoms with Gasteiger partial charge in [0.05, 0.1) is 12.4 Å². The Bertz CT molecular complexity index is 564. The Labute approximate surface area is 127 Å². The molecule has 0 radical (unpaired) electrons. The van der Waals surface area contributed by atoms with E-state index in [1.165, 1.54) is 10.9 Å². The van der Waals surface area contributed by atoms with Crippen molar-refractivity contribution in [2.45, 2.75) is 38.8 Å². The maximum atomic E-state index is 12.0. The molecule has 1 fully saturated rings. The fraction of sp³-hybridized carbons (Fsp3) is 0.615. The van der Waals surface area contributed by atoms with Gasteiger partial charge in [0.15, 0.2) is 10.8 Å². The standard InChI is InChI=1S/C13H18ClN3O4/c1-13(2,3)21-12(20)16-5-4-8(6-16)17-7-15-10(14)9(17)11(18)19/h7-8H,4-6H2,1-3H3,(H,18,19). The zero-order valence-corrected chi connectivity index (χ0v) is 12.9. The Morgan fingerprint density at radius 3 is 2.71 bits per heavy atom. The van der Waals surface area contributed by atoms with Gasteiger partial charge in [0.2, 0.25) is 0 Å². The van der Waals surface area contributed by atoms with Gasteiger partial charge in [-0.1, -0.05) is 11.6 Å². The molecule has 0 saturated carbocycles. The van der Waals surface area contributed by atoms with E-state index in [-0.39, 0.29) is 16.9 Å². The van der Waals surface area contributed by atoms with Crippen LogP contribution < -0.4 is 0 Å². The molecule has 1 amide bonds. The number of carboxylic acids is 1. The molecule has 0 spiro atoms. The Kier molecular flexibility index (Phi) is 4.13. The van der Waals surface area contributed by atoms with Crippen molar-refractivity contribution in [3.05, 3.63) is 17.2 Å². The Hall–Kier alpha value is -1.76. The molecule has 0 aromatic carbocycles. The lowest BCUT2D eigenvalue weighted by molar-refractivity contribution is 0.0289. The molecule has 1 aromatic heterocycles. The molecule has 2 rings (SSSR count). The maximum Gasteiger partial charge on any atom is 0.410 e. The summed E-state index contributed by atoms with van der Waals surface area (Å²) in [6.07, 6.45) is 1.63. The summed E-state index contributed by atoms with van der Waals surface area (Å²) in [4.78, 5) is 28.6. The van der Waals surface area contributed by atoms with Gasteiger partial charge in [0.25, 0.3) is 0 Å². The number of hydrogen-bond donors (Lipinski definition) is 1. The van der Waals surface area contributed by atoms with Crippen LogP contribution in [0, 0.1) is 0 Å². The summed E-state index contributed by atoms with van der Waals surface area (Å²) in [6.45, 7) is 6.29. The Balaban J connectivity index is 2.10. The van der Waals surface area contributed by atoms with E-state index in [1.807, 2.05) is 0 Å². The van der Waals surface area contributed by atoms with Crippen molar-refractivity contribution in [2.75, 3.05) is 13.1 Å². The van der Waals surface area contributed by atoms with Crippen molar-refractivity contribution < 1.29 is 19.4 Å². The third-order valence-corrected chi connectivity index (χ3v) is 3.44. The second kappa shape index (κ2) is 5.55. The second-order valence-corrected chi connectivity index (χ2v) is 6.32. The largest absolute Gasteiger partial charge is 0.476 e. The van der Waals surface area contributed by atoms with Crippen LogP contribution in [0.5, 0.6) is 0 Å². The summed E-state index contributed by atoms with van der Waals surface area (Å²) in [5, 5.41) is 9.13. The summed E-state index contributed by atoms with van der Waals surface area (Å²) in [5.74, 6) is -1.13. The fourth-order valence-electron chi connectivity index (χ4n) is 2.28. The highest BCUT2D eigenvalue weighted by atomic mass is 35.5. The van der Waals surface area contributed by atoms with Crippen LogP contribution in [0.4, 0.5) is 4.79 Å². The smallest absolute Gasteiger partial charge is 0.410 e. The third-order valence-electron chi connectivity index (χ3n) is 3.16. The van der Waals surface area contributed by atoms with Crippen LogP contribution in [0.15, 0.2) is 6.33 Å². The normalized spacial score (nSPS) is 18.9. The SMILES string of the molecule is CC(C)(C)OC(=O)N1CCC(n2cnc(Cl)c2C(=O)O)C1. The number of amides is 1. The second-order valence-electron chi connectivity index (χ2n) is 5.97. The first kappa shape index (κ1) is 15.6. The molecule has 7 nitrogen and oxygen atoms in total. The molecule has 1 aromatic rings. The number of likely N-dealkylation sites (tertiary alicyclic amines) is 1. The average molecular weight is 316 g/mol. The molecular weight excluding hydrogens is 298 g/mol. The maximum absolute atomic E-state index is 12.0. The summed E-state index contributed by atoms with van der Waals surface area (Å²) in [6, 6.07) is -0.163. The number of rotatable bonds is 2. The van der Waals surface area contributed by atoms with Crippen molar-refractivity contribution >= 4 is 23.7 Å². The van der Waals surface area contributed by atoms with Gasteiger partial charge in [-0.15, -0.1) is 0 Å². The van der Waals surface area contributed by atoms with Gasteiger partial charge >= 0.3 is 12.1 Å². The number of carbonyl (C=O) groups excluding carboxylic acids is 1. The van der Waals surface area contributed by atoms with E-state index >= 15 is 0 Å². The van der Waals surface area contributed by atoms with Crippen LogP contribution in [0.2, 0.25) is 5.15 Å². The number of halogens is 1. The van der Waals surface area contributed by atoms with Gasteiger partial charge in [0.1, 0.15) is 5.60 Å². The van der Waals surface area contributed by atoms with Crippen LogP contribution in [0.1, 0.15) is 43.7 Å². The van der Waals surface area contributed by atoms with Crippen LogP contribution in [0.3, 0.4) is 0 Å². The van der Waals surface area contributed by atoms with Crippen molar-refractivity contribution in [1.82, 2.24) is 14.5 Å². The minimum absolute atomic E-state index is 0.0433. The minimum Gasteiger partial charge on any atom is -0.476 e. The van der Waals surface area contributed by atoms with E-state index in [2.05, 4.69) is 4.98 Å². The summed E-state index contributed by atoms with van der Waals surface area (Å²) in [7, 11) is 0. The molecule has 8 heteroatoms. The van der Waals surface area contributed by atoms with E-state index in [1.54, 1.807) is 25.7 Å². The van der Waals surface area contributed by atoms with Crippen molar-refractivity contribution in [2.24, 2.45) is 0 Å². The third kappa shape index (κ3) is 3.47. The number of aromatic nitrogens is 2. The first-order valence-electron chi connectivity index (χ1n) is 6.62. The summed E-state index contributed by atoms with van der Waals surface area (Å²) < 4.78 is 6.82. The minimum atomic E-state index is -1.13. The molecule has 1 unspecified atom stereocenters. The van der Waals surface area contributed by atoms with Gasteiger partial charge in [0, 0.05) is 13.1 Å². The molecular formula is C13H18ClN3O4. The van der Waals surface area contributed by atoms with E-state index in [0.29, 0.717) is 19.5 Å². The number of carboxylic acid groups (broad SMARTS) is 1. The first-order valence-corrected chi connectivity index (χ1v) is 7.00. The lowest BCUT2D eigenvalue weighted by Gasteiger charge is -2.24. The number of imidazole rings is 1. The zero-order chi connectivity index (χ0) is 15.8. The molecule has 0 aliphatic carbocycles. The zero-order valence-electron chi connectivity index (χ0n) is 12.2. The van der Waals surface area contributed by atoms with Crippen LogP contribution in [-0.2, 0) is 4.74 Å². The lowest BCUT2D eigenvalue weighted by atomic mass is 10.2. The van der Waals surface area contributed by atoms with Gasteiger partial charge in [-0.25, -0.2) is 14.6 Å². The summed E-state index contributed by atoms with van der Waals surface area (Å²) >= 11 is 5.79. The molecule has 1 aliphatic rings. The Morgan fingerprint density at radius 2 is 2.14 bits per heavy atom. The summed E-state index contributed by atoms with van der Waals surface area (Å²) in [5.41, 5.74) is -0.604. The molecule has 1 atom stereocenters. The van der Waals surface area contributed by atoms with Crippen molar-refractivity contribution in [3.63, 3.8) is 0 Å². The first-order chi connectivity index (χ1) is 9.69. The topological polar surface area (TPSA) is 84.7 Å². The molecule has 1 aliphatic heterocycles. The number of carbonyl (C=O) groups is 2. The van der Waals surface area contributed by atoms with Crippen molar-refractivity contribution in [3.8, 4) is 0 Å². The highest BCUT2D eigenvalue weighted by Gasteiger charge is 2.33. The predicted octanol–water partition coefficient (Wildman–Crippen LogP) is 2.42. The average Bonchev–Trinajstić information content (AvgIpc) is 2.92. The van der Waals surface area contributed by atoms with Gasteiger partial charge in [-0.3, -0.25) is 0 Å². The number of hydrogen-bond acceptors (Lipinski definition) is 4. The lowest BCUT2D eigenvalue weighted by Crippen LogP contribution is -2.35. The highest BCUT2D eigenvalue weighted by molar-refractivity contribution is 6.32.